The fraction of sp³-hybridized carbons (Fsp3) is 0.864. The lowest BCUT2D eigenvalue weighted by Gasteiger charge is -2.57. The van der Waals surface area contributed by atoms with Crippen LogP contribution < -0.4 is 0 Å². The van der Waals surface area contributed by atoms with Gasteiger partial charge in [-0.15, -0.1) is 0 Å². The maximum atomic E-state index is 11.9. The Morgan fingerprint density at radius 3 is 2.67 bits per heavy atom. The largest absolute Gasteiger partial charge is 0.390 e. The molecule has 4 rings (SSSR count). The normalized spacial score (nSPS) is 48.4. The summed E-state index contributed by atoms with van der Waals surface area (Å²) in [6.07, 6.45) is 10.0. The van der Waals surface area contributed by atoms with Crippen molar-refractivity contribution >= 4 is 5.78 Å². The number of hydrogen-bond donors (Lipinski definition) is 1. The van der Waals surface area contributed by atoms with E-state index < -0.39 is 5.60 Å². The van der Waals surface area contributed by atoms with Crippen LogP contribution in [0.15, 0.2) is 11.6 Å². The fourth-order valence-electron chi connectivity index (χ4n) is 7.75. The molecular weight excluding hydrogens is 296 g/mol. The Labute approximate surface area is 147 Å². The molecule has 2 heteroatoms. The van der Waals surface area contributed by atoms with Crippen LogP contribution in [0.5, 0.6) is 0 Å². The lowest BCUT2D eigenvalue weighted by atomic mass is 9.48. The second-order valence-electron chi connectivity index (χ2n) is 10.2. The molecule has 0 heterocycles. The zero-order valence-electron chi connectivity index (χ0n) is 15.8. The third-order valence-corrected chi connectivity index (χ3v) is 8.49. The van der Waals surface area contributed by atoms with Crippen LogP contribution in [0.4, 0.5) is 0 Å². The first kappa shape index (κ1) is 16.8. The predicted molar refractivity (Wildman–Crippen MR) is 96.4 cm³/mol. The first-order chi connectivity index (χ1) is 11.2. The molecule has 0 spiro atoms. The topological polar surface area (TPSA) is 37.3 Å². The Bertz CT molecular complexity index is 569. The highest BCUT2D eigenvalue weighted by atomic mass is 16.3. The molecule has 0 aliphatic heterocycles. The van der Waals surface area contributed by atoms with Crippen LogP contribution in [0.1, 0.15) is 72.6 Å². The third-order valence-electron chi connectivity index (χ3n) is 8.49. The molecule has 1 N–H and O–H groups in total. The second kappa shape index (κ2) is 5.43. The van der Waals surface area contributed by atoms with Gasteiger partial charge >= 0.3 is 0 Å². The van der Waals surface area contributed by atoms with E-state index in [1.165, 1.54) is 31.3 Å². The lowest BCUT2D eigenvalue weighted by Crippen LogP contribution is -2.52. The average Bonchev–Trinajstić information content (AvgIpc) is 2.83. The molecular formula is C22H34O2. The van der Waals surface area contributed by atoms with Gasteiger partial charge < -0.3 is 5.11 Å². The van der Waals surface area contributed by atoms with Crippen LogP contribution in [0.3, 0.4) is 0 Å². The van der Waals surface area contributed by atoms with E-state index in [0.717, 1.165) is 37.0 Å². The van der Waals surface area contributed by atoms with Crippen molar-refractivity contribution in [2.24, 2.45) is 40.9 Å². The quantitative estimate of drug-likeness (QED) is 0.752. The molecule has 4 aliphatic rings. The molecule has 24 heavy (non-hydrogen) atoms. The van der Waals surface area contributed by atoms with E-state index >= 15 is 0 Å². The highest BCUT2D eigenvalue weighted by Gasteiger charge is 2.60. The molecule has 0 unspecified atom stereocenters. The van der Waals surface area contributed by atoms with Crippen LogP contribution in [-0.2, 0) is 4.79 Å². The molecule has 134 valence electrons. The van der Waals surface area contributed by atoms with Crippen molar-refractivity contribution in [1.29, 1.82) is 0 Å². The van der Waals surface area contributed by atoms with Crippen molar-refractivity contribution in [3.63, 3.8) is 0 Å². The minimum absolute atomic E-state index is 0.305. The van der Waals surface area contributed by atoms with E-state index in [1.54, 1.807) is 0 Å². The molecule has 2 nitrogen and oxygen atoms in total. The van der Waals surface area contributed by atoms with Crippen molar-refractivity contribution in [3.05, 3.63) is 11.6 Å². The summed E-state index contributed by atoms with van der Waals surface area (Å²) in [6, 6.07) is 0. The minimum atomic E-state index is -0.559. The molecule has 0 aromatic heterocycles. The van der Waals surface area contributed by atoms with Gasteiger partial charge in [-0.2, -0.15) is 0 Å². The van der Waals surface area contributed by atoms with Crippen LogP contribution >= 0.6 is 0 Å². The highest BCUT2D eigenvalue weighted by molar-refractivity contribution is 5.91. The van der Waals surface area contributed by atoms with Gasteiger partial charge in [0.25, 0.3) is 0 Å². The van der Waals surface area contributed by atoms with E-state index in [2.05, 4.69) is 13.8 Å². The number of carbonyl (C=O) groups is 1. The van der Waals surface area contributed by atoms with Gasteiger partial charge in [0.1, 0.15) is 0 Å². The molecule has 0 aromatic carbocycles. The monoisotopic (exact) mass is 330 g/mol. The molecule has 0 amide bonds. The third kappa shape index (κ3) is 2.35. The number of aliphatic hydroxyl groups is 1. The summed E-state index contributed by atoms with van der Waals surface area (Å²) in [5.74, 6) is 4.51. The Kier molecular flexibility index (Phi) is 3.81. The van der Waals surface area contributed by atoms with Gasteiger partial charge in [-0.3, -0.25) is 4.79 Å². The average molecular weight is 331 g/mol. The molecule has 0 saturated heterocycles. The summed E-state index contributed by atoms with van der Waals surface area (Å²) in [5.41, 5.74) is 1.22. The first-order valence-corrected chi connectivity index (χ1v) is 10.2. The maximum Gasteiger partial charge on any atom is 0.155 e. The lowest BCUT2D eigenvalue weighted by molar-refractivity contribution is -0.117. The van der Waals surface area contributed by atoms with Crippen molar-refractivity contribution in [3.8, 4) is 0 Å². The number of rotatable bonds is 1. The van der Waals surface area contributed by atoms with E-state index in [4.69, 9.17) is 0 Å². The standard InChI is InChI=1S/C22H34O2/c1-13-11-14-12-15(23)5-6-16(14)17-9-10-22(4)18(20(13)17)7-8-19(22)21(2,3)24/h12-13,16-20,24H,5-11H2,1-4H3/t13-,16+,17-,18-,19+,20-,22+/m1/s1. The number of fused-ring (bicyclic) bond motifs is 5. The smallest absolute Gasteiger partial charge is 0.155 e. The van der Waals surface area contributed by atoms with Gasteiger partial charge in [0.05, 0.1) is 5.60 Å². The second-order valence-corrected chi connectivity index (χ2v) is 10.2. The summed E-state index contributed by atoms with van der Waals surface area (Å²) in [6.45, 7) is 8.95. The number of hydrogen-bond acceptors (Lipinski definition) is 2. The Morgan fingerprint density at radius 1 is 1.21 bits per heavy atom. The van der Waals surface area contributed by atoms with Crippen LogP contribution in [0.2, 0.25) is 0 Å². The Balaban J connectivity index is 1.66. The van der Waals surface area contributed by atoms with E-state index in [-0.39, 0.29) is 0 Å². The summed E-state index contributed by atoms with van der Waals surface area (Å²) in [5, 5.41) is 10.8. The summed E-state index contributed by atoms with van der Waals surface area (Å²) >= 11 is 0. The number of allylic oxidation sites excluding steroid dienone is 1. The summed E-state index contributed by atoms with van der Waals surface area (Å²) < 4.78 is 0. The van der Waals surface area contributed by atoms with Gasteiger partial charge in [0.2, 0.25) is 0 Å². The van der Waals surface area contributed by atoms with Gasteiger partial charge in [0, 0.05) is 6.42 Å². The molecule has 3 saturated carbocycles. The molecule has 0 aromatic rings. The van der Waals surface area contributed by atoms with Gasteiger partial charge in [0.15, 0.2) is 5.78 Å². The van der Waals surface area contributed by atoms with Crippen molar-refractivity contribution in [2.75, 3.05) is 0 Å². The van der Waals surface area contributed by atoms with Gasteiger partial charge in [-0.25, -0.2) is 0 Å². The van der Waals surface area contributed by atoms with Crippen LogP contribution in [0.25, 0.3) is 0 Å². The Morgan fingerprint density at radius 2 is 1.96 bits per heavy atom. The van der Waals surface area contributed by atoms with E-state index in [1.807, 2.05) is 19.9 Å². The Hall–Kier alpha value is -0.630. The first-order valence-electron chi connectivity index (χ1n) is 10.2. The van der Waals surface area contributed by atoms with Crippen molar-refractivity contribution in [1.82, 2.24) is 0 Å². The maximum absolute atomic E-state index is 11.9. The van der Waals surface area contributed by atoms with Crippen LogP contribution in [-0.4, -0.2) is 16.5 Å². The summed E-state index contributed by atoms with van der Waals surface area (Å²) in [7, 11) is 0. The zero-order valence-corrected chi connectivity index (χ0v) is 15.8. The number of carbonyl (C=O) groups excluding carboxylic acids is 1. The molecule has 4 aliphatic carbocycles. The predicted octanol–water partition coefficient (Wildman–Crippen LogP) is 4.76. The number of ketones is 1. The van der Waals surface area contributed by atoms with E-state index in [0.29, 0.717) is 29.0 Å². The van der Waals surface area contributed by atoms with Crippen molar-refractivity contribution < 1.29 is 9.90 Å². The van der Waals surface area contributed by atoms with Crippen molar-refractivity contribution in [2.45, 2.75) is 78.2 Å². The van der Waals surface area contributed by atoms with E-state index in [9.17, 15) is 9.90 Å². The molecule has 0 radical (unpaired) electrons. The fourth-order valence-corrected chi connectivity index (χ4v) is 7.75. The molecule has 0 bridgehead atoms. The highest BCUT2D eigenvalue weighted by Crippen LogP contribution is 2.66. The SMILES string of the molecule is C[C@@H]1CC2=CC(=O)CC[C@@H]2[C@H]2CC[C@@]3(C)[C@H](CC[C@H]3C(C)(C)O)[C@@H]21. The summed E-state index contributed by atoms with van der Waals surface area (Å²) in [4.78, 5) is 11.9. The molecule has 3 fully saturated rings. The van der Waals surface area contributed by atoms with Gasteiger partial charge in [-0.05, 0) is 99.4 Å². The van der Waals surface area contributed by atoms with Crippen LogP contribution in [0, 0.1) is 40.9 Å². The molecule has 7 atom stereocenters. The minimum Gasteiger partial charge on any atom is -0.390 e. The van der Waals surface area contributed by atoms with Gasteiger partial charge in [-0.1, -0.05) is 19.4 Å². The zero-order chi connectivity index (χ0) is 17.3.